The molecule has 162 valence electrons. The van der Waals surface area contributed by atoms with Gasteiger partial charge in [0.25, 0.3) is 5.91 Å². The van der Waals surface area contributed by atoms with E-state index in [1.165, 1.54) is 0 Å². The zero-order chi connectivity index (χ0) is 22.4. The summed E-state index contributed by atoms with van der Waals surface area (Å²) in [5.74, 6) is -0.479. The molecule has 0 saturated carbocycles. The molecule has 0 radical (unpaired) electrons. The highest BCUT2D eigenvalue weighted by atomic mass is 16.4. The summed E-state index contributed by atoms with van der Waals surface area (Å²) in [5.41, 5.74) is 8.92. The molecule has 0 aliphatic heterocycles. The second kappa shape index (κ2) is 9.65. The number of carbonyl (C=O) groups excluding carboxylic acids is 1. The normalized spacial score (nSPS) is 10.6. The Bertz CT molecular complexity index is 1090. The zero-order valence-corrected chi connectivity index (χ0v) is 17.3. The third kappa shape index (κ3) is 5.53. The van der Waals surface area contributed by atoms with Crippen LogP contribution in [0.5, 0.6) is 0 Å². The second-order valence-corrected chi connectivity index (χ2v) is 6.87. The van der Waals surface area contributed by atoms with Crippen LogP contribution in [-0.2, 0) is 11.3 Å². The molecule has 3 aromatic rings. The van der Waals surface area contributed by atoms with Crippen molar-refractivity contribution in [2.45, 2.75) is 19.4 Å². The standard InChI is InChI=1S/C20H24N8O3/c1-22-20-26-17(21)16-18(27-20)24-10-13(25-16)11-28(2)14-7-5-12(6-8-14)19(31)23-9-3-4-15(29)30/h5-8,10H,3-4,9,11H2,1-2H3,(H,23,31)(H,29,30)(H3,21,22,24,26,27). The van der Waals surface area contributed by atoms with E-state index in [9.17, 15) is 9.59 Å². The molecular weight excluding hydrogens is 400 g/mol. The molecule has 11 heteroatoms. The number of aliphatic carboxylic acids is 1. The van der Waals surface area contributed by atoms with Gasteiger partial charge in [-0.1, -0.05) is 0 Å². The first-order valence-corrected chi connectivity index (χ1v) is 9.65. The Balaban J connectivity index is 1.64. The first-order valence-electron chi connectivity index (χ1n) is 9.65. The van der Waals surface area contributed by atoms with Crippen molar-refractivity contribution in [3.63, 3.8) is 0 Å². The number of carboxylic acid groups (broad SMARTS) is 1. The van der Waals surface area contributed by atoms with E-state index in [1.54, 1.807) is 25.4 Å². The van der Waals surface area contributed by atoms with Crippen LogP contribution < -0.4 is 21.3 Å². The Morgan fingerprint density at radius 2 is 1.90 bits per heavy atom. The lowest BCUT2D eigenvalue weighted by Crippen LogP contribution is -2.25. The van der Waals surface area contributed by atoms with Crippen molar-refractivity contribution in [1.82, 2.24) is 25.3 Å². The average molecular weight is 424 g/mol. The Hall–Kier alpha value is -4.02. The van der Waals surface area contributed by atoms with Crippen molar-refractivity contribution in [1.29, 1.82) is 0 Å². The Kier molecular flexibility index (Phi) is 6.75. The summed E-state index contributed by atoms with van der Waals surface area (Å²) in [6.45, 7) is 0.785. The van der Waals surface area contributed by atoms with Gasteiger partial charge in [-0.05, 0) is 30.7 Å². The monoisotopic (exact) mass is 424 g/mol. The number of rotatable bonds is 9. The van der Waals surface area contributed by atoms with Gasteiger partial charge in [0.05, 0.1) is 18.4 Å². The first kappa shape index (κ1) is 21.7. The number of carbonyl (C=O) groups is 2. The van der Waals surface area contributed by atoms with Crippen LogP contribution in [0.4, 0.5) is 17.5 Å². The number of nitrogen functional groups attached to an aromatic ring is 1. The lowest BCUT2D eigenvalue weighted by atomic mass is 10.1. The molecule has 0 unspecified atom stereocenters. The van der Waals surface area contributed by atoms with Gasteiger partial charge in [0.15, 0.2) is 17.0 Å². The van der Waals surface area contributed by atoms with Gasteiger partial charge in [-0.3, -0.25) is 9.59 Å². The van der Waals surface area contributed by atoms with Crippen LogP contribution in [0.1, 0.15) is 28.9 Å². The number of fused-ring (bicyclic) bond motifs is 1. The lowest BCUT2D eigenvalue weighted by molar-refractivity contribution is -0.137. The van der Waals surface area contributed by atoms with E-state index in [-0.39, 0.29) is 18.1 Å². The number of hydrogen-bond donors (Lipinski definition) is 4. The average Bonchev–Trinajstić information content (AvgIpc) is 2.76. The van der Waals surface area contributed by atoms with Crippen LogP contribution in [0.3, 0.4) is 0 Å². The van der Waals surface area contributed by atoms with Crippen LogP contribution in [0.2, 0.25) is 0 Å². The predicted octanol–water partition coefficient (Wildman–Crippen LogP) is 1.27. The van der Waals surface area contributed by atoms with Crippen molar-refractivity contribution < 1.29 is 14.7 Å². The minimum atomic E-state index is -0.879. The number of nitrogens with one attached hydrogen (secondary N) is 2. The fraction of sp³-hybridized carbons (Fsp3) is 0.300. The van der Waals surface area contributed by atoms with Gasteiger partial charge in [0, 0.05) is 38.3 Å². The van der Waals surface area contributed by atoms with Crippen LogP contribution in [-0.4, -0.2) is 57.6 Å². The number of carboxylic acids is 1. The molecule has 5 N–H and O–H groups in total. The summed E-state index contributed by atoms with van der Waals surface area (Å²) < 4.78 is 0. The molecule has 0 spiro atoms. The van der Waals surface area contributed by atoms with Crippen LogP contribution in [0, 0.1) is 0 Å². The summed E-state index contributed by atoms with van der Waals surface area (Å²) >= 11 is 0. The van der Waals surface area contributed by atoms with Crippen molar-refractivity contribution in [3.8, 4) is 0 Å². The number of benzene rings is 1. The van der Waals surface area contributed by atoms with E-state index < -0.39 is 5.97 Å². The Labute approximate surface area is 178 Å². The quantitative estimate of drug-likeness (QED) is 0.368. The minimum absolute atomic E-state index is 0.0239. The third-order valence-electron chi connectivity index (χ3n) is 4.53. The van der Waals surface area contributed by atoms with E-state index in [0.29, 0.717) is 47.9 Å². The van der Waals surface area contributed by atoms with Crippen LogP contribution >= 0.6 is 0 Å². The van der Waals surface area contributed by atoms with Crippen molar-refractivity contribution in [3.05, 3.63) is 41.7 Å². The van der Waals surface area contributed by atoms with Gasteiger partial charge < -0.3 is 26.4 Å². The smallest absolute Gasteiger partial charge is 0.303 e. The molecule has 2 heterocycles. The van der Waals surface area contributed by atoms with E-state index in [4.69, 9.17) is 10.8 Å². The number of nitrogens with zero attached hydrogens (tertiary/aromatic N) is 5. The molecule has 0 aliphatic rings. The summed E-state index contributed by atoms with van der Waals surface area (Å²) in [4.78, 5) is 41.8. The lowest BCUT2D eigenvalue weighted by Gasteiger charge is -2.19. The molecule has 0 atom stereocenters. The number of hydrogen-bond acceptors (Lipinski definition) is 9. The molecule has 1 aromatic carbocycles. The SMILES string of the molecule is CNc1nc(N)c2nc(CN(C)c3ccc(C(=O)NCCCC(=O)O)cc3)cnc2n1. The highest BCUT2D eigenvalue weighted by molar-refractivity contribution is 5.94. The van der Waals surface area contributed by atoms with Gasteiger partial charge in [-0.2, -0.15) is 9.97 Å². The van der Waals surface area contributed by atoms with E-state index in [0.717, 1.165) is 5.69 Å². The second-order valence-electron chi connectivity index (χ2n) is 6.87. The Morgan fingerprint density at radius 1 is 1.16 bits per heavy atom. The molecule has 1 amide bonds. The van der Waals surface area contributed by atoms with Gasteiger partial charge in [0.1, 0.15) is 0 Å². The minimum Gasteiger partial charge on any atom is -0.481 e. The molecule has 0 fully saturated rings. The van der Waals surface area contributed by atoms with Gasteiger partial charge >= 0.3 is 5.97 Å². The van der Waals surface area contributed by atoms with Gasteiger partial charge in [-0.15, -0.1) is 0 Å². The highest BCUT2D eigenvalue weighted by Crippen LogP contribution is 2.19. The highest BCUT2D eigenvalue weighted by Gasteiger charge is 2.11. The molecule has 31 heavy (non-hydrogen) atoms. The van der Waals surface area contributed by atoms with Crippen molar-refractivity contribution in [2.75, 3.05) is 36.6 Å². The third-order valence-corrected chi connectivity index (χ3v) is 4.53. The molecule has 0 bridgehead atoms. The molecule has 3 rings (SSSR count). The van der Waals surface area contributed by atoms with Gasteiger partial charge in [-0.25, -0.2) is 9.97 Å². The van der Waals surface area contributed by atoms with E-state index in [2.05, 4.69) is 30.6 Å². The van der Waals surface area contributed by atoms with Gasteiger partial charge in [0.2, 0.25) is 5.95 Å². The zero-order valence-electron chi connectivity index (χ0n) is 17.3. The number of anilines is 3. The summed E-state index contributed by atoms with van der Waals surface area (Å²) in [6.07, 6.45) is 2.06. The predicted molar refractivity (Wildman–Crippen MR) is 117 cm³/mol. The maximum atomic E-state index is 12.1. The number of nitrogens with two attached hydrogens (primary N) is 1. The molecule has 0 saturated heterocycles. The molecule has 2 aromatic heterocycles. The van der Waals surface area contributed by atoms with E-state index >= 15 is 0 Å². The first-order chi connectivity index (χ1) is 14.9. The van der Waals surface area contributed by atoms with Crippen LogP contribution in [0.15, 0.2) is 30.5 Å². The maximum Gasteiger partial charge on any atom is 0.303 e. The fourth-order valence-electron chi connectivity index (χ4n) is 2.90. The van der Waals surface area contributed by atoms with Crippen molar-refractivity contribution in [2.24, 2.45) is 0 Å². The summed E-state index contributed by atoms with van der Waals surface area (Å²) in [6, 6.07) is 7.10. The van der Waals surface area contributed by atoms with E-state index in [1.807, 2.05) is 24.1 Å². The largest absolute Gasteiger partial charge is 0.481 e. The summed E-state index contributed by atoms with van der Waals surface area (Å²) in [5, 5.41) is 14.2. The van der Waals surface area contributed by atoms with Crippen LogP contribution in [0.25, 0.3) is 11.2 Å². The molecule has 0 aliphatic carbocycles. The fourth-order valence-corrected chi connectivity index (χ4v) is 2.90. The molecule has 11 nitrogen and oxygen atoms in total. The molecular formula is C20H24N8O3. The topological polar surface area (TPSA) is 159 Å². The maximum absolute atomic E-state index is 12.1. The number of amides is 1. The number of aromatic nitrogens is 4. The van der Waals surface area contributed by atoms with Crippen molar-refractivity contribution >= 4 is 40.5 Å². The summed E-state index contributed by atoms with van der Waals surface area (Å²) in [7, 11) is 3.60. The Morgan fingerprint density at radius 3 is 2.58 bits per heavy atom.